The highest BCUT2D eigenvalue weighted by Gasteiger charge is 1.98. The van der Waals surface area contributed by atoms with Crippen molar-refractivity contribution in [3.05, 3.63) is 29.3 Å². The molecule has 0 aliphatic rings. The summed E-state index contributed by atoms with van der Waals surface area (Å²) >= 11 is 7.47. The molecule has 0 amide bonds. The van der Waals surface area contributed by atoms with Crippen molar-refractivity contribution >= 4 is 34.2 Å². The molecule has 0 bridgehead atoms. The summed E-state index contributed by atoms with van der Waals surface area (Å²) in [4.78, 5) is 4.53. The molecule has 2 nitrogen and oxygen atoms in total. The summed E-state index contributed by atoms with van der Waals surface area (Å²) in [5, 5.41) is 5.00. The summed E-state index contributed by atoms with van der Waals surface area (Å²) < 4.78 is 0. The highest BCUT2D eigenvalue weighted by atomic mass is 35.5. The molecule has 0 spiro atoms. The lowest BCUT2D eigenvalue weighted by atomic mass is 10.2. The average Bonchev–Trinajstić information content (AvgIpc) is 2.35. The quantitative estimate of drug-likeness (QED) is 0.478. The summed E-state index contributed by atoms with van der Waals surface area (Å²) in [6, 6.07) is 7.66. The molecule has 4 heteroatoms. The Hall–Kier alpha value is -0.670. The first-order valence-electron chi connectivity index (χ1n) is 5.87. The topological polar surface area (TPSA) is 24.4 Å². The largest absolute Gasteiger partial charge is 0.335 e. The van der Waals surface area contributed by atoms with Crippen molar-refractivity contribution < 1.29 is 0 Å². The number of rotatable bonds is 5. The normalized spacial score (nSPS) is 11.6. The summed E-state index contributed by atoms with van der Waals surface area (Å²) in [6.07, 6.45) is 5.66. The Kier molecular flexibility index (Phi) is 7.13. The SMILES string of the molecule is CCCCCN=C(Nc1ccc(Cl)cc1)SC. The zero-order chi connectivity index (χ0) is 12.5. The number of unbranched alkanes of at least 4 members (excludes halogenated alkanes) is 2. The van der Waals surface area contributed by atoms with E-state index < -0.39 is 0 Å². The van der Waals surface area contributed by atoms with Gasteiger partial charge in [0.15, 0.2) is 5.17 Å². The van der Waals surface area contributed by atoms with Gasteiger partial charge in [-0.05, 0) is 36.9 Å². The Morgan fingerprint density at radius 3 is 2.59 bits per heavy atom. The fraction of sp³-hybridized carbons (Fsp3) is 0.462. The van der Waals surface area contributed by atoms with Gasteiger partial charge in [0.2, 0.25) is 0 Å². The van der Waals surface area contributed by atoms with Crippen LogP contribution >= 0.6 is 23.4 Å². The van der Waals surface area contributed by atoms with E-state index in [1.54, 1.807) is 11.8 Å². The monoisotopic (exact) mass is 270 g/mol. The summed E-state index contributed by atoms with van der Waals surface area (Å²) in [7, 11) is 0. The van der Waals surface area contributed by atoms with Gasteiger partial charge in [-0.1, -0.05) is 43.1 Å². The van der Waals surface area contributed by atoms with Crippen LogP contribution in [0.15, 0.2) is 29.3 Å². The number of nitrogens with zero attached hydrogens (tertiary/aromatic N) is 1. The van der Waals surface area contributed by atoms with E-state index in [0.29, 0.717) is 0 Å². The smallest absolute Gasteiger partial charge is 0.160 e. The summed E-state index contributed by atoms with van der Waals surface area (Å²) in [5.41, 5.74) is 1.03. The highest BCUT2D eigenvalue weighted by Crippen LogP contribution is 2.15. The number of thioether (sulfide) groups is 1. The molecule has 1 N–H and O–H groups in total. The maximum atomic E-state index is 5.84. The molecule has 17 heavy (non-hydrogen) atoms. The molecule has 0 saturated heterocycles. The van der Waals surface area contributed by atoms with Gasteiger partial charge in [-0.3, -0.25) is 4.99 Å². The highest BCUT2D eigenvalue weighted by molar-refractivity contribution is 8.13. The molecule has 1 aromatic rings. The Bertz CT molecular complexity index is 349. The molecule has 94 valence electrons. The maximum absolute atomic E-state index is 5.84. The van der Waals surface area contributed by atoms with Gasteiger partial charge in [0.05, 0.1) is 0 Å². The van der Waals surface area contributed by atoms with E-state index in [1.807, 2.05) is 30.5 Å². The number of halogens is 1. The molecule has 1 rings (SSSR count). The van der Waals surface area contributed by atoms with E-state index in [1.165, 1.54) is 12.8 Å². The van der Waals surface area contributed by atoms with Gasteiger partial charge in [-0.25, -0.2) is 0 Å². The molecule has 0 aliphatic heterocycles. The van der Waals surface area contributed by atoms with Crippen LogP contribution in [0.1, 0.15) is 26.2 Å². The number of amidine groups is 1. The molecule has 0 radical (unpaired) electrons. The van der Waals surface area contributed by atoms with E-state index in [4.69, 9.17) is 11.6 Å². The van der Waals surface area contributed by atoms with Crippen molar-refractivity contribution in [2.75, 3.05) is 18.1 Å². The fourth-order valence-electron chi connectivity index (χ4n) is 1.35. The third-order valence-electron chi connectivity index (χ3n) is 2.31. The number of anilines is 1. The summed E-state index contributed by atoms with van der Waals surface area (Å²) in [6.45, 7) is 3.09. The van der Waals surface area contributed by atoms with E-state index in [9.17, 15) is 0 Å². The van der Waals surface area contributed by atoms with Gasteiger partial charge in [-0.2, -0.15) is 0 Å². The standard InChI is InChI=1S/C13H19ClN2S/c1-3-4-5-10-15-13(17-2)16-12-8-6-11(14)7-9-12/h6-9H,3-5,10H2,1-2H3,(H,15,16). The van der Waals surface area contributed by atoms with Crippen molar-refractivity contribution in [3.8, 4) is 0 Å². The van der Waals surface area contributed by atoms with Crippen molar-refractivity contribution in [1.82, 2.24) is 0 Å². The minimum atomic E-state index is 0.751. The minimum Gasteiger partial charge on any atom is -0.335 e. The van der Waals surface area contributed by atoms with Gasteiger partial charge >= 0.3 is 0 Å². The van der Waals surface area contributed by atoms with Crippen molar-refractivity contribution in [2.24, 2.45) is 4.99 Å². The van der Waals surface area contributed by atoms with E-state index >= 15 is 0 Å². The van der Waals surface area contributed by atoms with Crippen LogP contribution in [-0.4, -0.2) is 18.0 Å². The molecule has 0 heterocycles. The average molecular weight is 271 g/mol. The molecule has 0 unspecified atom stereocenters. The Labute approximate surface area is 113 Å². The number of benzene rings is 1. The van der Waals surface area contributed by atoms with Crippen LogP contribution in [0.5, 0.6) is 0 Å². The molecule has 0 aromatic heterocycles. The van der Waals surface area contributed by atoms with Crippen LogP contribution in [0.2, 0.25) is 5.02 Å². The first kappa shape index (κ1) is 14.4. The molecule has 0 fully saturated rings. The van der Waals surface area contributed by atoms with E-state index in [2.05, 4.69) is 17.2 Å². The van der Waals surface area contributed by atoms with Crippen molar-refractivity contribution in [3.63, 3.8) is 0 Å². The van der Waals surface area contributed by atoms with Crippen molar-refractivity contribution in [1.29, 1.82) is 0 Å². The second-order valence-corrected chi connectivity index (χ2v) is 4.96. The lowest BCUT2D eigenvalue weighted by Gasteiger charge is -2.07. The predicted molar refractivity (Wildman–Crippen MR) is 80.4 cm³/mol. The van der Waals surface area contributed by atoms with Crippen LogP contribution in [0.25, 0.3) is 0 Å². The Morgan fingerprint density at radius 2 is 2.00 bits per heavy atom. The van der Waals surface area contributed by atoms with E-state index in [-0.39, 0.29) is 0 Å². The number of hydrogen-bond donors (Lipinski definition) is 1. The third-order valence-corrected chi connectivity index (χ3v) is 3.18. The maximum Gasteiger partial charge on any atom is 0.160 e. The Balaban J connectivity index is 2.48. The van der Waals surface area contributed by atoms with Gasteiger partial charge in [-0.15, -0.1) is 0 Å². The number of nitrogens with one attached hydrogen (secondary N) is 1. The van der Waals surface area contributed by atoms with E-state index in [0.717, 1.165) is 28.8 Å². The molecular weight excluding hydrogens is 252 g/mol. The second-order valence-electron chi connectivity index (χ2n) is 3.73. The van der Waals surface area contributed by atoms with Gasteiger partial charge in [0.1, 0.15) is 0 Å². The van der Waals surface area contributed by atoms with Crippen LogP contribution in [-0.2, 0) is 0 Å². The molecular formula is C13H19ClN2S. The predicted octanol–water partition coefficient (Wildman–Crippen LogP) is 4.66. The first-order valence-corrected chi connectivity index (χ1v) is 7.47. The van der Waals surface area contributed by atoms with Crippen LogP contribution in [0.4, 0.5) is 5.69 Å². The zero-order valence-electron chi connectivity index (χ0n) is 10.4. The fourth-order valence-corrected chi connectivity index (χ4v) is 1.92. The summed E-state index contributed by atoms with van der Waals surface area (Å²) in [5.74, 6) is 0. The second kappa shape index (κ2) is 8.43. The first-order chi connectivity index (χ1) is 8.26. The molecule has 0 atom stereocenters. The third kappa shape index (κ3) is 5.99. The van der Waals surface area contributed by atoms with Gasteiger partial charge in [0.25, 0.3) is 0 Å². The lowest BCUT2D eigenvalue weighted by molar-refractivity contribution is 0.729. The minimum absolute atomic E-state index is 0.751. The van der Waals surface area contributed by atoms with Crippen LogP contribution in [0, 0.1) is 0 Å². The molecule has 0 aliphatic carbocycles. The van der Waals surface area contributed by atoms with Crippen molar-refractivity contribution in [2.45, 2.75) is 26.2 Å². The number of aliphatic imine (C=N–C) groups is 1. The zero-order valence-corrected chi connectivity index (χ0v) is 11.9. The number of hydrogen-bond acceptors (Lipinski definition) is 2. The van der Waals surface area contributed by atoms with Gasteiger partial charge < -0.3 is 5.32 Å². The van der Waals surface area contributed by atoms with Crippen LogP contribution < -0.4 is 5.32 Å². The molecule has 0 saturated carbocycles. The van der Waals surface area contributed by atoms with Crippen LogP contribution in [0.3, 0.4) is 0 Å². The van der Waals surface area contributed by atoms with Gasteiger partial charge in [0, 0.05) is 17.3 Å². The Morgan fingerprint density at radius 1 is 1.29 bits per heavy atom. The molecule has 1 aromatic carbocycles. The lowest BCUT2D eigenvalue weighted by Crippen LogP contribution is -2.07.